The van der Waals surface area contributed by atoms with Crippen LogP contribution in [0.25, 0.3) is 22.2 Å². The van der Waals surface area contributed by atoms with E-state index in [2.05, 4.69) is 26.9 Å². The fraction of sp³-hybridized carbons (Fsp3) is 0.448. The molecule has 2 aromatic carbocycles. The fourth-order valence-electron chi connectivity index (χ4n) is 5.18. The zero-order valence-corrected chi connectivity index (χ0v) is 21.4. The first kappa shape index (κ1) is 25.1. The molecule has 1 aliphatic heterocycles. The molecule has 1 saturated carbocycles. The van der Waals surface area contributed by atoms with Gasteiger partial charge in [-0.2, -0.15) is 5.26 Å². The maximum atomic E-state index is 12.0. The fourth-order valence-corrected chi connectivity index (χ4v) is 5.18. The summed E-state index contributed by atoms with van der Waals surface area (Å²) in [7, 11) is 0. The number of amides is 1. The second-order valence-corrected chi connectivity index (χ2v) is 10.2. The predicted octanol–water partition coefficient (Wildman–Crippen LogP) is 5.31. The van der Waals surface area contributed by atoms with E-state index < -0.39 is 6.09 Å². The number of β-amino-alcohol motifs (C(OH)–C–C–N with tert-alkyl or cyclic N) is 1. The van der Waals surface area contributed by atoms with Gasteiger partial charge in [0.25, 0.3) is 0 Å². The average molecular weight is 503 g/mol. The summed E-state index contributed by atoms with van der Waals surface area (Å²) < 4.78 is 13.6. The first-order chi connectivity index (χ1) is 17.9. The minimum Gasteiger partial charge on any atom is -0.492 e. The molecule has 8 nitrogen and oxygen atoms in total. The van der Waals surface area contributed by atoms with E-state index in [1.165, 1.54) is 6.42 Å². The first-order valence-electron chi connectivity index (χ1n) is 13.1. The van der Waals surface area contributed by atoms with E-state index >= 15 is 0 Å². The topological polar surface area (TPSA) is 99.8 Å². The molecule has 8 heteroatoms. The summed E-state index contributed by atoms with van der Waals surface area (Å²) in [4.78, 5) is 14.2. The highest BCUT2D eigenvalue weighted by molar-refractivity contribution is 5.96. The van der Waals surface area contributed by atoms with Gasteiger partial charge in [0.15, 0.2) is 0 Å². The van der Waals surface area contributed by atoms with Crippen molar-refractivity contribution >= 4 is 22.7 Å². The summed E-state index contributed by atoms with van der Waals surface area (Å²) in [5.74, 6) is 0.782. The molecule has 3 aromatic rings. The summed E-state index contributed by atoms with van der Waals surface area (Å²) in [6.07, 6.45) is 3.22. The molecule has 0 unspecified atom stereocenters. The number of nitriles is 1. The summed E-state index contributed by atoms with van der Waals surface area (Å²) >= 11 is 0. The number of hydrogen-bond donors (Lipinski definition) is 2. The molecule has 1 aliphatic carbocycles. The van der Waals surface area contributed by atoms with E-state index in [0.717, 1.165) is 60.3 Å². The van der Waals surface area contributed by atoms with Gasteiger partial charge in [0.1, 0.15) is 18.4 Å². The van der Waals surface area contributed by atoms with E-state index in [-0.39, 0.29) is 12.2 Å². The van der Waals surface area contributed by atoms with Crippen LogP contribution in [0.5, 0.6) is 5.75 Å². The summed E-state index contributed by atoms with van der Waals surface area (Å²) in [6, 6.07) is 16.3. The number of nitrogens with one attached hydrogen (secondary N) is 1. The Morgan fingerprint density at radius 3 is 2.59 bits per heavy atom. The minimum absolute atomic E-state index is 0.197. The average Bonchev–Trinajstić information content (AvgIpc) is 3.38. The molecule has 0 spiro atoms. The molecule has 1 aromatic heterocycles. The third kappa shape index (κ3) is 5.43. The Kier molecular flexibility index (Phi) is 7.36. The van der Waals surface area contributed by atoms with E-state index in [9.17, 15) is 15.2 Å². The van der Waals surface area contributed by atoms with Crippen molar-refractivity contribution < 1.29 is 19.4 Å². The van der Waals surface area contributed by atoms with Crippen LogP contribution in [0, 0.1) is 11.3 Å². The lowest BCUT2D eigenvalue weighted by molar-refractivity contribution is 0.130. The number of nitrogens with zero attached hydrogens (tertiary/aromatic N) is 3. The van der Waals surface area contributed by atoms with Gasteiger partial charge in [-0.25, -0.2) is 4.79 Å². The van der Waals surface area contributed by atoms with Crippen LogP contribution in [-0.4, -0.2) is 59.1 Å². The highest BCUT2D eigenvalue weighted by atomic mass is 16.6. The summed E-state index contributed by atoms with van der Waals surface area (Å²) in [5.41, 5.74) is 4.13. The largest absolute Gasteiger partial charge is 0.492 e. The van der Waals surface area contributed by atoms with Crippen LogP contribution in [-0.2, 0) is 4.74 Å². The Bertz CT molecular complexity index is 1300. The van der Waals surface area contributed by atoms with Crippen molar-refractivity contribution in [2.24, 2.45) is 0 Å². The number of carbonyl (C=O) groups excluding carboxylic acids is 1. The highest BCUT2D eigenvalue weighted by Crippen LogP contribution is 2.43. The van der Waals surface area contributed by atoms with Gasteiger partial charge in [-0.05, 0) is 69.4 Å². The number of hydrogen-bond acceptors (Lipinski definition) is 6. The molecule has 1 atom stereocenters. The number of likely N-dealkylation sites (tertiary alicyclic amines) is 1. The Morgan fingerprint density at radius 1 is 1.19 bits per heavy atom. The van der Waals surface area contributed by atoms with Gasteiger partial charge in [-0.15, -0.1) is 0 Å². The van der Waals surface area contributed by atoms with Crippen molar-refractivity contribution in [3.05, 3.63) is 48.0 Å². The van der Waals surface area contributed by atoms with Crippen molar-refractivity contribution in [3.63, 3.8) is 0 Å². The molecule has 0 radical (unpaired) electrons. The molecular formula is C29H34N4O4. The maximum Gasteiger partial charge on any atom is 0.411 e. The van der Waals surface area contributed by atoms with Gasteiger partial charge in [-0.1, -0.05) is 12.1 Å². The standard InChI is InChI=1S/C29H34N4O4/c1-19(2)37-29(35)31-21-8-6-20(7-9-21)28-26(17-30)25-11-10-24(16-27(25)33(28)22-4-3-5-22)36-15-14-32-13-12-23(34)18-32/h6-11,16,19,22-23,34H,3-5,12-15,18H2,1-2H3,(H,31,35)/t23-/m0/s1. The van der Waals surface area contributed by atoms with Crippen LogP contribution in [0.15, 0.2) is 42.5 Å². The number of benzene rings is 2. The molecule has 1 amide bonds. The molecule has 5 rings (SSSR count). The van der Waals surface area contributed by atoms with Crippen LogP contribution >= 0.6 is 0 Å². The number of aromatic nitrogens is 1. The molecule has 37 heavy (non-hydrogen) atoms. The van der Waals surface area contributed by atoms with Crippen LogP contribution < -0.4 is 10.1 Å². The zero-order valence-electron chi connectivity index (χ0n) is 21.4. The number of ether oxygens (including phenoxy) is 2. The lowest BCUT2D eigenvalue weighted by atomic mass is 9.92. The van der Waals surface area contributed by atoms with E-state index in [0.29, 0.717) is 30.4 Å². The number of carbonyl (C=O) groups is 1. The second kappa shape index (κ2) is 10.8. The smallest absolute Gasteiger partial charge is 0.411 e. The second-order valence-electron chi connectivity index (χ2n) is 10.2. The Morgan fingerprint density at radius 2 is 1.97 bits per heavy atom. The van der Waals surface area contributed by atoms with Gasteiger partial charge in [0, 0.05) is 42.8 Å². The van der Waals surface area contributed by atoms with Gasteiger partial charge in [0.2, 0.25) is 0 Å². The normalized spacial score (nSPS) is 18.1. The molecular weight excluding hydrogens is 468 g/mol. The molecule has 2 aliphatic rings. The molecule has 0 bridgehead atoms. The predicted molar refractivity (Wildman–Crippen MR) is 143 cm³/mol. The SMILES string of the molecule is CC(C)OC(=O)Nc1ccc(-c2c(C#N)c3ccc(OCCN4CC[C@H](O)C4)cc3n2C2CCC2)cc1. The van der Waals surface area contributed by atoms with E-state index in [4.69, 9.17) is 9.47 Å². The molecule has 2 fully saturated rings. The van der Waals surface area contributed by atoms with Crippen molar-refractivity contribution in [2.75, 3.05) is 31.6 Å². The zero-order chi connectivity index (χ0) is 25.9. The Balaban J connectivity index is 1.43. The van der Waals surface area contributed by atoms with Gasteiger partial charge >= 0.3 is 6.09 Å². The number of anilines is 1. The van der Waals surface area contributed by atoms with Crippen molar-refractivity contribution in [2.45, 2.75) is 57.8 Å². The van der Waals surface area contributed by atoms with Crippen LogP contribution in [0.2, 0.25) is 0 Å². The lowest BCUT2D eigenvalue weighted by Crippen LogP contribution is -2.27. The Hall–Kier alpha value is -3.54. The van der Waals surface area contributed by atoms with Crippen molar-refractivity contribution in [3.8, 4) is 23.1 Å². The number of rotatable bonds is 8. The third-order valence-electron chi connectivity index (χ3n) is 7.20. The number of fused-ring (bicyclic) bond motifs is 1. The van der Waals surface area contributed by atoms with Crippen LogP contribution in [0.1, 0.15) is 51.1 Å². The van der Waals surface area contributed by atoms with E-state index in [1.807, 2.05) is 36.4 Å². The van der Waals surface area contributed by atoms with E-state index in [1.54, 1.807) is 13.8 Å². The van der Waals surface area contributed by atoms with Gasteiger partial charge in [0.05, 0.1) is 29.0 Å². The highest BCUT2D eigenvalue weighted by Gasteiger charge is 2.28. The minimum atomic E-state index is -0.488. The maximum absolute atomic E-state index is 12.0. The van der Waals surface area contributed by atoms with Gasteiger partial charge < -0.3 is 19.1 Å². The molecule has 2 heterocycles. The van der Waals surface area contributed by atoms with Crippen LogP contribution in [0.4, 0.5) is 10.5 Å². The monoisotopic (exact) mass is 502 g/mol. The first-order valence-corrected chi connectivity index (χ1v) is 13.1. The number of aliphatic hydroxyl groups is 1. The third-order valence-corrected chi connectivity index (χ3v) is 7.20. The summed E-state index contributed by atoms with van der Waals surface area (Å²) in [5, 5.41) is 23.6. The quantitative estimate of drug-likeness (QED) is 0.433. The number of aliphatic hydroxyl groups excluding tert-OH is 1. The lowest BCUT2D eigenvalue weighted by Gasteiger charge is -2.30. The van der Waals surface area contributed by atoms with Crippen molar-refractivity contribution in [1.29, 1.82) is 5.26 Å². The summed E-state index contributed by atoms with van der Waals surface area (Å²) in [6.45, 7) is 6.54. The van der Waals surface area contributed by atoms with Crippen molar-refractivity contribution in [1.82, 2.24) is 9.47 Å². The molecule has 2 N–H and O–H groups in total. The Labute approximate surface area is 217 Å². The van der Waals surface area contributed by atoms with Crippen LogP contribution in [0.3, 0.4) is 0 Å². The molecule has 194 valence electrons. The molecule has 1 saturated heterocycles. The van der Waals surface area contributed by atoms with Gasteiger partial charge in [-0.3, -0.25) is 10.2 Å².